The number of para-hydroxylation sites is 1. The van der Waals surface area contributed by atoms with Crippen LogP contribution in [0.1, 0.15) is 10.4 Å². The van der Waals surface area contributed by atoms with Gasteiger partial charge in [-0.2, -0.15) is 0 Å². The highest BCUT2D eigenvalue weighted by molar-refractivity contribution is 6.06. The van der Waals surface area contributed by atoms with Gasteiger partial charge in [-0.25, -0.2) is 9.59 Å². The predicted octanol–water partition coefficient (Wildman–Crippen LogP) is 2.03. The number of anilines is 2. The maximum absolute atomic E-state index is 12.1. The number of rotatable bonds is 5. The number of aromatic nitrogens is 1. The molecule has 0 aliphatic heterocycles. The van der Waals surface area contributed by atoms with Gasteiger partial charge in [0.1, 0.15) is 0 Å². The van der Waals surface area contributed by atoms with E-state index in [-0.39, 0.29) is 5.56 Å². The van der Waals surface area contributed by atoms with Gasteiger partial charge in [-0.1, -0.05) is 12.1 Å². The van der Waals surface area contributed by atoms with E-state index in [2.05, 4.69) is 10.3 Å². The average Bonchev–Trinajstić information content (AvgIpc) is 2.60. The molecule has 1 aromatic carbocycles. The Kier molecular flexibility index (Phi) is 6.00. The highest BCUT2D eigenvalue weighted by Crippen LogP contribution is 2.18. The lowest BCUT2D eigenvalue weighted by molar-refractivity contribution is -0.132. The first-order chi connectivity index (χ1) is 12.0. The Morgan fingerprint density at radius 3 is 2.52 bits per heavy atom. The van der Waals surface area contributed by atoms with Gasteiger partial charge in [-0.05, 0) is 24.3 Å². The number of benzene rings is 1. The SMILES string of the molecule is CN(C)c1ccccc1C(=O)OC(=O)/C=C\C(=O)Nc1cccnc1. The Morgan fingerprint density at radius 2 is 1.84 bits per heavy atom. The van der Waals surface area contributed by atoms with E-state index in [1.54, 1.807) is 61.6 Å². The summed E-state index contributed by atoms with van der Waals surface area (Å²) in [5.41, 5.74) is 1.37. The number of amides is 1. The lowest BCUT2D eigenvalue weighted by Crippen LogP contribution is -2.17. The molecule has 0 bridgehead atoms. The van der Waals surface area contributed by atoms with Crippen LogP contribution in [-0.4, -0.2) is 36.9 Å². The second-order valence-electron chi connectivity index (χ2n) is 5.18. The van der Waals surface area contributed by atoms with Crippen molar-refractivity contribution < 1.29 is 19.1 Å². The number of hydrogen-bond acceptors (Lipinski definition) is 6. The molecule has 7 nitrogen and oxygen atoms in total. The molecule has 1 amide bonds. The number of esters is 2. The topological polar surface area (TPSA) is 88.6 Å². The Bertz CT molecular complexity index is 801. The van der Waals surface area contributed by atoms with E-state index in [1.165, 1.54) is 6.20 Å². The first-order valence-electron chi connectivity index (χ1n) is 7.39. The molecule has 0 aliphatic rings. The standard InChI is InChI=1S/C18H17N3O4/c1-21(2)15-8-4-3-7-14(15)18(24)25-17(23)10-9-16(22)20-13-6-5-11-19-12-13/h3-12H,1-2H3,(H,20,22)/b10-9-. The molecule has 128 valence electrons. The lowest BCUT2D eigenvalue weighted by atomic mass is 10.1. The van der Waals surface area contributed by atoms with Crippen LogP contribution < -0.4 is 10.2 Å². The number of carbonyl (C=O) groups excluding carboxylic acids is 3. The molecule has 0 saturated carbocycles. The van der Waals surface area contributed by atoms with Gasteiger partial charge >= 0.3 is 11.9 Å². The molecule has 0 fully saturated rings. The first-order valence-corrected chi connectivity index (χ1v) is 7.39. The summed E-state index contributed by atoms with van der Waals surface area (Å²) in [6.07, 6.45) is 4.91. The number of carbonyl (C=O) groups is 3. The molecule has 25 heavy (non-hydrogen) atoms. The van der Waals surface area contributed by atoms with Crippen molar-refractivity contribution in [2.45, 2.75) is 0 Å². The molecule has 1 heterocycles. The summed E-state index contributed by atoms with van der Waals surface area (Å²) in [6, 6.07) is 10.1. The zero-order chi connectivity index (χ0) is 18.2. The van der Waals surface area contributed by atoms with Crippen molar-refractivity contribution in [1.29, 1.82) is 0 Å². The number of hydrogen-bond donors (Lipinski definition) is 1. The highest BCUT2D eigenvalue weighted by atomic mass is 16.6. The molecular weight excluding hydrogens is 322 g/mol. The van der Waals surface area contributed by atoms with Crippen molar-refractivity contribution >= 4 is 29.2 Å². The molecule has 0 saturated heterocycles. The third kappa shape index (κ3) is 5.28. The van der Waals surface area contributed by atoms with Gasteiger partial charge in [-0.3, -0.25) is 9.78 Å². The van der Waals surface area contributed by atoms with Crippen LogP contribution in [0.5, 0.6) is 0 Å². The Labute approximate surface area is 144 Å². The minimum atomic E-state index is -0.931. The molecule has 0 radical (unpaired) electrons. The number of ether oxygens (including phenoxy) is 1. The molecule has 0 unspecified atom stereocenters. The molecule has 1 aromatic heterocycles. The molecule has 7 heteroatoms. The van der Waals surface area contributed by atoms with E-state index >= 15 is 0 Å². The minimum Gasteiger partial charge on any atom is -0.386 e. The van der Waals surface area contributed by atoms with Crippen molar-refractivity contribution in [1.82, 2.24) is 4.98 Å². The van der Waals surface area contributed by atoms with Crippen molar-refractivity contribution in [2.24, 2.45) is 0 Å². The summed E-state index contributed by atoms with van der Waals surface area (Å²) in [7, 11) is 3.55. The second kappa shape index (κ2) is 8.39. The molecule has 0 spiro atoms. The maximum atomic E-state index is 12.1. The largest absolute Gasteiger partial charge is 0.386 e. The Morgan fingerprint density at radius 1 is 1.08 bits per heavy atom. The number of nitrogens with zero attached hydrogens (tertiary/aromatic N) is 2. The van der Waals surface area contributed by atoms with Gasteiger partial charge in [0.05, 0.1) is 23.1 Å². The Balaban J connectivity index is 1.96. The van der Waals surface area contributed by atoms with E-state index in [4.69, 9.17) is 4.74 Å². The van der Waals surface area contributed by atoms with Crippen molar-refractivity contribution in [2.75, 3.05) is 24.3 Å². The zero-order valence-electron chi connectivity index (χ0n) is 13.8. The van der Waals surface area contributed by atoms with Gasteiger partial charge < -0.3 is 15.0 Å². The monoisotopic (exact) mass is 339 g/mol. The van der Waals surface area contributed by atoms with Crippen LogP contribution in [0, 0.1) is 0 Å². The summed E-state index contributed by atoms with van der Waals surface area (Å²) in [4.78, 5) is 41.1. The quantitative estimate of drug-likeness (QED) is 0.509. The molecule has 2 rings (SSSR count). The molecule has 0 atom stereocenters. The van der Waals surface area contributed by atoms with Crippen molar-refractivity contribution in [3.8, 4) is 0 Å². The maximum Gasteiger partial charge on any atom is 0.348 e. The van der Waals surface area contributed by atoms with Crippen LogP contribution in [-0.2, 0) is 14.3 Å². The van der Waals surface area contributed by atoms with E-state index in [0.29, 0.717) is 11.4 Å². The third-order valence-electron chi connectivity index (χ3n) is 3.10. The molecule has 2 aromatic rings. The van der Waals surface area contributed by atoms with Crippen molar-refractivity contribution in [3.05, 3.63) is 66.5 Å². The van der Waals surface area contributed by atoms with Crippen LogP contribution in [0.4, 0.5) is 11.4 Å². The fourth-order valence-corrected chi connectivity index (χ4v) is 1.98. The van der Waals surface area contributed by atoms with Crippen molar-refractivity contribution in [3.63, 3.8) is 0 Å². The fraction of sp³-hybridized carbons (Fsp3) is 0.111. The van der Waals surface area contributed by atoms with E-state index < -0.39 is 17.8 Å². The van der Waals surface area contributed by atoms with E-state index in [9.17, 15) is 14.4 Å². The summed E-state index contributed by atoms with van der Waals surface area (Å²) < 4.78 is 4.74. The zero-order valence-corrected chi connectivity index (χ0v) is 13.8. The van der Waals surface area contributed by atoms with Gasteiger partial charge in [-0.15, -0.1) is 0 Å². The Hall–Kier alpha value is -3.48. The normalized spacial score (nSPS) is 10.3. The smallest absolute Gasteiger partial charge is 0.348 e. The first kappa shape index (κ1) is 17.9. The van der Waals surface area contributed by atoms with E-state index in [0.717, 1.165) is 12.2 Å². The van der Waals surface area contributed by atoms with Gasteiger partial charge in [0.15, 0.2) is 0 Å². The van der Waals surface area contributed by atoms with E-state index in [1.807, 2.05) is 0 Å². The van der Waals surface area contributed by atoms with Crippen LogP contribution in [0.25, 0.3) is 0 Å². The third-order valence-corrected chi connectivity index (χ3v) is 3.10. The summed E-state index contributed by atoms with van der Waals surface area (Å²) in [6.45, 7) is 0. The van der Waals surface area contributed by atoms with Gasteiger partial charge in [0, 0.05) is 32.4 Å². The van der Waals surface area contributed by atoms with Gasteiger partial charge in [0.25, 0.3) is 0 Å². The van der Waals surface area contributed by atoms with Crippen LogP contribution in [0.15, 0.2) is 60.9 Å². The summed E-state index contributed by atoms with van der Waals surface area (Å²) >= 11 is 0. The number of pyridine rings is 1. The second-order valence-corrected chi connectivity index (χ2v) is 5.18. The van der Waals surface area contributed by atoms with Crippen LogP contribution >= 0.6 is 0 Å². The van der Waals surface area contributed by atoms with Gasteiger partial charge in [0.2, 0.25) is 5.91 Å². The summed E-state index contributed by atoms with van der Waals surface area (Å²) in [5, 5.41) is 2.52. The molecular formula is C18H17N3O4. The van der Waals surface area contributed by atoms with Crippen LogP contribution in [0.2, 0.25) is 0 Å². The molecule has 0 aliphatic carbocycles. The molecule has 1 N–H and O–H groups in total. The average molecular weight is 339 g/mol. The number of nitrogens with one attached hydrogen (secondary N) is 1. The lowest BCUT2D eigenvalue weighted by Gasteiger charge is -2.15. The highest BCUT2D eigenvalue weighted by Gasteiger charge is 2.16. The van der Waals surface area contributed by atoms with Crippen LogP contribution in [0.3, 0.4) is 0 Å². The predicted molar refractivity (Wildman–Crippen MR) is 93.2 cm³/mol. The summed E-state index contributed by atoms with van der Waals surface area (Å²) in [5.74, 6) is -2.25. The fourth-order valence-electron chi connectivity index (χ4n) is 1.98. The minimum absolute atomic E-state index is 0.258.